The van der Waals surface area contributed by atoms with E-state index in [1.165, 1.54) is 0 Å². The highest BCUT2D eigenvalue weighted by Gasteiger charge is 2.39. The highest BCUT2D eigenvalue weighted by molar-refractivity contribution is 8.01. The van der Waals surface area contributed by atoms with Crippen LogP contribution in [-0.2, 0) is 4.79 Å². The van der Waals surface area contributed by atoms with E-state index in [1.54, 1.807) is 0 Å². The van der Waals surface area contributed by atoms with Gasteiger partial charge in [0, 0.05) is 11.8 Å². The Balaban J connectivity index is 2.71. The maximum atomic E-state index is 11.7. The van der Waals surface area contributed by atoms with Crippen LogP contribution < -0.4 is 5.32 Å². The summed E-state index contributed by atoms with van der Waals surface area (Å²) in [5.74, 6) is 1.28. The molecular formula is C9H17NOS. The van der Waals surface area contributed by atoms with E-state index in [1.807, 2.05) is 11.8 Å². The van der Waals surface area contributed by atoms with Gasteiger partial charge in [0.25, 0.3) is 0 Å². The minimum Gasteiger partial charge on any atom is -0.352 e. The van der Waals surface area contributed by atoms with Crippen molar-refractivity contribution in [3.63, 3.8) is 0 Å². The van der Waals surface area contributed by atoms with Gasteiger partial charge in [0.15, 0.2) is 0 Å². The van der Waals surface area contributed by atoms with Crippen LogP contribution in [-0.4, -0.2) is 22.4 Å². The van der Waals surface area contributed by atoms with Crippen molar-refractivity contribution in [2.45, 2.75) is 44.4 Å². The Morgan fingerprint density at radius 3 is 2.58 bits per heavy atom. The summed E-state index contributed by atoms with van der Waals surface area (Å²) in [5.41, 5.74) is 0. The zero-order valence-electron chi connectivity index (χ0n) is 8.02. The van der Waals surface area contributed by atoms with Gasteiger partial charge in [-0.2, -0.15) is 0 Å². The number of hydrogen-bond donors (Lipinski definition) is 1. The van der Waals surface area contributed by atoms with E-state index in [0.717, 1.165) is 18.6 Å². The van der Waals surface area contributed by atoms with E-state index in [2.05, 4.69) is 26.1 Å². The molecule has 1 aliphatic rings. The summed E-state index contributed by atoms with van der Waals surface area (Å²) < 4.78 is -0.132. The fraction of sp³-hybridized carbons (Fsp3) is 0.889. The molecule has 1 aliphatic heterocycles. The Morgan fingerprint density at radius 1 is 1.58 bits per heavy atom. The number of thioether (sulfide) groups is 1. The fourth-order valence-electron chi connectivity index (χ4n) is 1.52. The van der Waals surface area contributed by atoms with E-state index in [4.69, 9.17) is 0 Å². The fourth-order valence-corrected chi connectivity index (χ4v) is 2.77. The van der Waals surface area contributed by atoms with Gasteiger partial charge in [0.2, 0.25) is 5.91 Å². The molecule has 2 nitrogen and oxygen atoms in total. The number of carbonyl (C=O) groups is 1. The third-order valence-corrected chi connectivity index (χ3v) is 4.53. The summed E-state index contributed by atoms with van der Waals surface area (Å²) in [6, 6.07) is 0.341. The van der Waals surface area contributed by atoms with Crippen molar-refractivity contribution in [3.8, 4) is 0 Å². The van der Waals surface area contributed by atoms with Crippen LogP contribution in [0, 0.1) is 0 Å². The second-order valence-electron chi connectivity index (χ2n) is 3.39. The van der Waals surface area contributed by atoms with E-state index in [-0.39, 0.29) is 10.7 Å². The molecule has 1 rings (SSSR count). The van der Waals surface area contributed by atoms with E-state index in [9.17, 15) is 4.79 Å². The Morgan fingerprint density at radius 2 is 2.17 bits per heavy atom. The second-order valence-corrected chi connectivity index (χ2v) is 4.79. The van der Waals surface area contributed by atoms with E-state index < -0.39 is 0 Å². The molecule has 0 aliphatic carbocycles. The molecule has 12 heavy (non-hydrogen) atoms. The molecule has 3 heteroatoms. The first-order chi connectivity index (χ1) is 5.64. The zero-order valence-corrected chi connectivity index (χ0v) is 8.83. The average Bonchev–Trinajstić information content (AvgIpc) is 2.06. The molecular weight excluding hydrogens is 170 g/mol. The van der Waals surface area contributed by atoms with Crippen LogP contribution in [0.15, 0.2) is 0 Å². The molecule has 0 aromatic heterocycles. The predicted octanol–water partition coefficient (Wildman–Crippen LogP) is 1.80. The normalized spacial score (nSPS) is 28.2. The minimum atomic E-state index is -0.132. The first-order valence-electron chi connectivity index (χ1n) is 4.59. The Labute approximate surface area is 78.5 Å². The van der Waals surface area contributed by atoms with Crippen molar-refractivity contribution in [2.75, 3.05) is 5.75 Å². The maximum Gasteiger partial charge on any atom is 0.236 e. The smallest absolute Gasteiger partial charge is 0.236 e. The summed E-state index contributed by atoms with van der Waals surface area (Å²) in [4.78, 5) is 11.7. The topological polar surface area (TPSA) is 29.1 Å². The van der Waals surface area contributed by atoms with Crippen LogP contribution in [0.25, 0.3) is 0 Å². The van der Waals surface area contributed by atoms with Crippen molar-refractivity contribution >= 4 is 17.7 Å². The third-order valence-electron chi connectivity index (χ3n) is 2.54. The first-order valence-corrected chi connectivity index (χ1v) is 5.58. The van der Waals surface area contributed by atoms with Crippen molar-refractivity contribution in [2.24, 2.45) is 0 Å². The van der Waals surface area contributed by atoms with Crippen molar-refractivity contribution < 1.29 is 4.79 Å². The quantitative estimate of drug-likeness (QED) is 0.714. The molecule has 1 fully saturated rings. The lowest BCUT2D eigenvalue weighted by Gasteiger charge is -2.36. The third kappa shape index (κ3) is 1.60. The Hall–Kier alpha value is -0.180. The molecule has 1 saturated heterocycles. The Bertz CT molecular complexity index is 177. The monoisotopic (exact) mass is 187 g/mol. The van der Waals surface area contributed by atoms with Crippen LogP contribution >= 0.6 is 11.8 Å². The molecule has 0 saturated carbocycles. The number of carbonyl (C=O) groups excluding carboxylic acids is 1. The van der Waals surface area contributed by atoms with E-state index >= 15 is 0 Å². The molecule has 0 spiro atoms. The van der Waals surface area contributed by atoms with Gasteiger partial charge in [-0.15, -0.1) is 11.8 Å². The largest absolute Gasteiger partial charge is 0.352 e. The van der Waals surface area contributed by atoms with Crippen LogP contribution in [0.4, 0.5) is 0 Å². The average molecular weight is 187 g/mol. The lowest BCUT2D eigenvalue weighted by atomic mass is 10.0. The van der Waals surface area contributed by atoms with Gasteiger partial charge in [0.05, 0.1) is 4.75 Å². The van der Waals surface area contributed by atoms with Gasteiger partial charge in [-0.05, 0) is 19.8 Å². The molecule has 1 heterocycles. The number of rotatable bonds is 2. The summed E-state index contributed by atoms with van der Waals surface area (Å²) in [7, 11) is 0. The number of hydrogen-bond acceptors (Lipinski definition) is 2. The van der Waals surface area contributed by atoms with Crippen LogP contribution in [0.5, 0.6) is 0 Å². The van der Waals surface area contributed by atoms with Gasteiger partial charge in [-0.25, -0.2) is 0 Å². The molecule has 70 valence electrons. The molecule has 0 aromatic carbocycles. The van der Waals surface area contributed by atoms with Crippen molar-refractivity contribution in [1.29, 1.82) is 0 Å². The standard InChI is InChI=1S/C9H17NOS/c1-4-9(5-2)8(11)10-7(3)6-12-9/h7H,4-6H2,1-3H3,(H,10,11). The van der Waals surface area contributed by atoms with Crippen LogP contribution in [0.1, 0.15) is 33.6 Å². The van der Waals surface area contributed by atoms with Crippen molar-refractivity contribution in [1.82, 2.24) is 5.32 Å². The lowest BCUT2D eigenvalue weighted by molar-refractivity contribution is -0.124. The first kappa shape index (κ1) is 9.90. The van der Waals surface area contributed by atoms with Crippen LogP contribution in [0.2, 0.25) is 0 Å². The lowest BCUT2D eigenvalue weighted by Crippen LogP contribution is -2.52. The molecule has 0 aromatic rings. The van der Waals surface area contributed by atoms with Gasteiger partial charge in [0.1, 0.15) is 0 Å². The van der Waals surface area contributed by atoms with Gasteiger partial charge >= 0.3 is 0 Å². The molecule has 1 amide bonds. The highest BCUT2D eigenvalue weighted by Crippen LogP contribution is 2.35. The van der Waals surface area contributed by atoms with Crippen LogP contribution in [0.3, 0.4) is 0 Å². The number of nitrogens with one attached hydrogen (secondary N) is 1. The van der Waals surface area contributed by atoms with Crippen molar-refractivity contribution in [3.05, 3.63) is 0 Å². The molecule has 1 N–H and O–H groups in total. The predicted molar refractivity (Wildman–Crippen MR) is 53.4 cm³/mol. The summed E-state index contributed by atoms with van der Waals surface area (Å²) in [6.07, 6.45) is 1.87. The van der Waals surface area contributed by atoms with Gasteiger partial charge in [-0.1, -0.05) is 13.8 Å². The molecule has 0 bridgehead atoms. The SMILES string of the molecule is CCC1(CC)SCC(C)NC1=O. The van der Waals surface area contributed by atoms with Gasteiger partial charge in [-0.3, -0.25) is 4.79 Å². The van der Waals surface area contributed by atoms with E-state index in [0.29, 0.717) is 6.04 Å². The molecule has 1 atom stereocenters. The zero-order chi connectivity index (χ0) is 9.19. The second kappa shape index (κ2) is 3.69. The molecule has 1 unspecified atom stereocenters. The Kier molecular flexibility index (Phi) is 3.04. The highest BCUT2D eigenvalue weighted by atomic mass is 32.2. The summed E-state index contributed by atoms with van der Waals surface area (Å²) in [6.45, 7) is 6.23. The van der Waals surface area contributed by atoms with Gasteiger partial charge < -0.3 is 5.32 Å². The minimum absolute atomic E-state index is 0.132. The molecule has 0 radical (unpaired) electrons. The summed E-state index contributed by atoms with van der Waals surface area (Å²) >= 11 is 1.81. The summed E-state index contributed by atoms with van der Waals surface area (Å²) in [5, 5.41) is 3.01. The maximum absolute atomic E-state index is 11.7. The number of amides is 1.